The zero-order chi connectivity index (χ0) is 20.2. The lowest BCUT2D eigenvalue weighted by Crippen LogP contribution is -2.38. The third-order valence-corrected chi connectivity index (χ3v) is 9.27. The average Bonchev–Trinajstić information content (AvgIpc) is 3.25. The zero-order valence-electron chi connectivity index (χ0n) is 17.0. The van der Waals surface area contributed by atoms with E-state index in [0.29, 0.717) is 12.5 Å². The molecule has 8 heteroatoms. The molecule has 1 saturated carbocycles. The first-order valence-corrected chi connectivity index (χ1v) is 13.9. The molecule has 1 aromatic heterocycles. The highest BCUT2D eigenvalue weighted by Crippen LogP contribution is 2.41. The predicted octanol–water partition coefficient (Wildman–Crippen LogP) is 4.48. The molecule has 5 nitrogen and oxygen atoms in total. The Morgan fingerprint density at radius 1 is 1.28 bits per heavy atom. The molecule has 2 fully saturated rings. The number of aromatic nitrogens is 1. The Balaban J connectivity index is 1.63. The van der Waals surface area contributed by atoms with Crippen molar-refractivity contribution in [2.24, 2.45) is 0 Å². The fraction of sp³-hybridized carbons (Fsp3) is 0.571. The van der Waals surface area contributed by atoms with Gasteiger partial charge in [0.15, 0.2) is 0 Å². The van der Waals surface area contributed by atoms with E-state index in [2.05, 4.69) is 28.5 Å². The summed E-state index contributed by atoms with van der Waals surface area (Å²) in [4.78, 5) is 8.26. The molecule has 29 heavy (non-hydrogen) atoms. The molecule has 0 atom stereocenters. The lowest BCUT2D eigenvalue weighted by atomic mass is 9.90. The van der Waals surface area contributed by atoms with Crippen LogP contribution in [0.1, 0.15) is 50.0 Å². The summed E-state index contributed by atoms with van der Waals surface area (Å²) >= 11 is 7.25. The maximum Gasteiger partial charge on any atom is 0.0962 e. The Bertz CT molecular complexity index is 840. The Kier molecular flexibility index (Phi) is 7.18. The van der Waals surface area contributed by atoms with E-state index in [1.165, 1.54) is 42.3 Å². The summed E-state index contributed by atoms with van der Waals surface area (Å²) in [5.74, 6) is 2.74. The Labute approximate surface area is 184 Å². The number of thiazole rings is 1. The van der Waals surface area contributed by atoms with Crippen molar-refractivity contribution in [2.75, 3.05) is 41.2 Å². The van der Waals surface area contributed by atoms with Gasteiger partial charge in [0.1, 0.15) is 0 Å². The summed E-state index contributed by atoms with van der Waals surface area (Å²) in [6.45, 7) is 4.61. The topological polar surface area (TPSA) is 51.6 Å². The number of rotatable bonds is 6. The smallest absolute Gasteiger partial charge is 0.0962 e. The van der Waals surface area contributed by atoms with Crippen LogP contribution in [0.15, 0.2) is 24.4 Å². The number of hydrogen-bond donors (Lipinski definition) is 2. The van der Waals surface area contributed by atoms with E-state index in [4.69, 9.17) is 16.2 Å². The third kappa shape index (κ3) is 4.99. The molecule has 0 spiro atoms. The van der Waals surface area contributed by atoms with Gasteiger partial charge in [0, 0.05) is 54.5 Å². The molecule has 4 rings (SSSR count). The first kappa shape index (κ1) is 21.2. The van der Waals surface area contributed by atoms with Gasteiger partial charge in [-0.25, -0.2) is 10.4 Å². The molecule has 2 heterocycles. The summed E-state index contributed by atoms with van der Waals surface area (Å²) in [5, 5.41) is 13.1. The van der Waals surface area contributed by atoms with Crippen LogP contribution in [-0.4, -0.2) is 41.3 Å². The average molecular weight is 451 g/mol. The van der Waals surface area contributed by atoms with Crippen LogP contribution in [0.25, 0.3) is 10.4 Å². The number of benzene rings is 1. The van der Waals surface area contributed by atoms with Crippen molar-refractivity contribution in [1.82, 2.24) is 10.4 Å². The molecule has 158 valence electrons. The van der Waals surface area contributed by atoms with E-state index in [1.54, 1.807) is 11.3 Å². The molecule has 0 radical (unpaired) electrons. The van der Waals surface area contributed by atoms with Gasteiger partial charge in [0.05, 0.1) is 15.6 Å². The van der Waals surface area contributed by atoms with Gasteiger partial charge >= 0.3 is 0 Å². The molecule has 0 amide bonds. The van der Waals surface area contributed by atoms with Crippen LogP contribution < -0.4 is 15.5 Å². The highest BCUT2D eigenvalue weighted by molar-refractivity contribution is 8.28. The van der Waals surface area contributed by atoms with Gasteiger partial charge in [-0.05, 0) is 31.0 Å². The van der Waals surface area contributed by atoms with E-state index >= 15 is 0 Å². The van der Waals surface area contributed by atoms with Gasteiger partial charge in [0.25, 0.3) is 0 Å². The van der Waals surface area contributed by atoms with Gasteiger partial charge in [0.2, 0.25) is 0 Å². The summed E-state index contributed by atoms with van der Waals surface area (Å²) < 4.78 is 0. The van der Waals surface area contributed by atoms with Crippen LogP contribution in [-0.2, 0) is 20.6 Å². The number of anilines is 2. The van der Waals surface area contributed by atoms with Crippen LogP contribution in [0, 0.1) is 0 Å². The fourth-order valence-electron chi connectivity index (χ4n) is 4.18. The SMILES string of the molecule is CCNN(O)c1cc(N2CCS(=S)CC2)ccc1-c1cnc(C2CCCCC2)s1. The van der Waals surface area contributed by atoms with Crippen molar-refractivity contribution in [3.05, 3.63) is 29.4 Å². The monoisotopic (exact) mass is 450 g/mol. The number of nitrogens with one attached hydrogen (secondary N) is 1. The van der Waals surface area contributed by atoms with Crippen molar-refractivity contribution in [2.45, 2.75) is 44.9 Å². The van der Waals surface area contributed by atoms with E-state index in [0.717, 1.165) is 46.4 Å². The van der Waals surface area contributed by atoms with Crippen molar-refractivity contribution in [3.63, 3.8) is 0 Å². The number of hydrazine groups is 1. The molecule has 2 aromatic rings. The second kappa shape index (κ2) is 9.83. The molecular formula is C21H30N4OS3. The lowest BCUT2D eigenvalue weighted by Gasteiger charge is -2.31. The zero-order valence-corrected chi connectivity index (χ0v) is 19.4. The van der Waals surface area contributed by atoms with Crippen molar-refractivity contribution in [1.29, 1.82) is 0 Å². The van der Waals surface area contributed by atoms with Crippen LogP contribution in [0.3, 0.4) is 0 Å². The number of hydrogen-bond acceptors (Lipinski definition) is 7. The van der Waals surface area contributed by atoms with Crippen molar-refractivity contribution in [3.8, 4) is 10.4 Å². The van der Waals surface area contributed by atoms with Crippen LogP contribution in [0.4, 0.5) is 11.4 Å². The van der Waals surface area contributed by atoms with Crippen molar-refractivity contribution >= 4 is 43.4 Å². The largest absolute Gasteiger partial charge is 0.370 e. The summed E-state index contributed by atoms with van der Waals surface area (Å²) in [7, 11) is 0.127. The van der Waals surface area contributed by atoms with Gasteiger partial charge in [-0.15, -0.1) is 20.8 Å². The number of nitrogens with zero attached hydrogens (tertiary/aromatic N) is 3. The molecule has 0 unspecified atom stereocenters. The van der Waals surface area contributed by atoms with E-state index in [9.17, 15) is 5.21 Å². The minimum absolute atomic E-state index is 0.127. The Morgan fingerprint density at radius 3 is 2.76 bits per heavy atom. The van der Waals surface area contributed by atoms with Gasteiger partial charge in [-0.3, -0.25) is 5.21 Å². The van der Waals surface area contributed by atoms with Crippen molar-refractivity contribution < 1.29 is 5.21 Å². The molecular weight excluding hydrogens is 420 g/mol. The Hall–Kier alpha value is -1.06. The highest BCUT2D eigenvalue weighted by atomic mass is 32.8. The first-order chi connectivity index (χ1) is 14.2. The molecule has 1 saturated heterocycles. The third-order valence-electron chi connectivity index (χ3n) is 5.80. The summed E-state index contributed by atoms with van der Waals surface area (Å²) in [5.41, 5.74) is 5.97. The molecule has 2 N–H and O–H groups in total. The second-order valence-corrected chi connectivity index (χ2v) is 11.9. The highest BCUT2D eigenvalue weighted by Gasteiger charge is 2.22. The van der Waals surface area contributed by atoms with Gasteiger partial charge < -0.3 is 4.90 Å². The maximum absolute atomic E-state index is 10.7. The second-order valence-electron chi connectivity index (χ2n) is 7.76. The minimum atomic E-state index is 0.127. The quantitative estimate of drug-likeness (QED) is 0.633. The molecule has 1 aliphatic heterocycles. The minimum Gasteiger partial charge on any atom is -0.370 e. The summed E-state index contributed by atoms with van der Waals surface area (Å²) in [6, 6.07) is 6.39. The normalized spacial score (nSPS) is 18.9. The predicted molar refractivity (Wildman–Crippen MR) is 128 cm³/mol. The molecule has 2 aliphatic rings. The summed E-state index contributed by atoms with van der Waals surface area (Å²) in [6.07, 6.45) is 8.46. The van der Waals surface area contributed by atoms with E-state index < -0.39 is 0 Å². The standard InChI is InChI=1S/C21H30N4OS3/c1-2-23-25(26)19-14-17(24-10-12-29(27)13-11-24)8-9-18(19)20-15-22-21(28-20)16-6-4-3-5-7-16/h8-9,14-16,23,26H,2-7,10-13H2,1H3. The molecule has 0 bridgehead atoms. The van der Waals surface area contributed by atoms with Gasteiger partial charge in [-0.2, -0.15) is 5.17 Å². The van der Waals surface area contributed by atoms with Crippen LogP contribution in [0.2, 0.25) is 0 Å². The lowest BCUT2D eigenvalue weighted by molar-refractivity contribution is 0.214. The van der Waals surface area contributed by atoms with Gasteiger partial charge in [-0.1, -0.05) is 37.4 Å². The Morgan fingerprint density at radius 2 is 2.03 bits per heavy atom. The van der Waals surface area contributed by atoms with Crippen LogP contribution in [0.5, 0.6) is 0 Å². The first-order valence-electron chi connectivity index (χ1n) is 10.6. The van der Waals surface area contributed by atoms with E-state index in [-0.39, 0.29) is 9.45 Å². The molecule has 1 aromatic carbocycles. The maximum atomic E-state index is 10.7. The fourth-order valence-corrected chi connectivity index (χ4v) is 6.80. The van der Waals surface area contributed by atoms with E-state index in [1.807, 2.05) is 13.1 Å². The molecule has 1 aliphatic carbocycles. The van der Waals surface area contributed by atoms with Crippen LogP contribution >= 0.6 is 11.3 Å².